The summed E-state index contributed by atoms with van der Waals surface area (Å²) in [7, 11) is 0. The molecule has 4 atom stereocenters. The molecular weight excluding hydrogens is 433 g/mol. The van der Waals surface area contributed by atoms with Crippen molar-refractivity contribution in [2.24, 2.45) is 11.8 Å². The molecule has 0 aliphatic heterocycles. The number of ether oxygens (including phenoxy) is 1. The Morgan fingerprint density at radius 3 is 2.38 bits per heavy atom. The van der Waals surface area contributed by atoms with Crippen molar-refractivity contribution in [3.63, 3.8) is 0 Å². The van der Waals surface area contributed by atoms with Gasteiger partial charge in [-0.15, -0.1) is 6.58 Å². The van der Waals surface area contributed by atoms with Crippen LogP contribution in [-0.2, 0) is 11.2 Å². The van der Waals surface area contributed by atoms with Gasteiger partial charge in [-0.05, 0) is 106 Å². The van der Waals surface area contributed by atoms with Crippen molar-refractivity contribution < 1.29 is 17.9 Å². The fraction of sp³-hybridized carbons (Fsp3) is 0.467. The number of hydrogen-bond donors (Lipinski definition) is 0. The van der Waals surface area contributed by atoms with Crippen molar-refractivity contribution in [3.8, 4) is 11.8 Å². The van der Waals surface area contributed by atoms with Gasteiger partial charge in [-0.1, -0.05) is 24.0 Å². The summed E-state index contributed by atoms with van der Waals surface area (Å²) in [5.41, 5.74) is 1.49. The maximum Gasteiger partial charge on any atom is 0.139 e. The highest BCUT2D eigenvalue weighted by atomic mass is 19.1. The summed E-state index contributed by atoms with van der Waals surface area (Å²) < 4.78 is 49.2. The summed E-state index contributed by atoms with van der Waals surface area (Å²) in [6.07, 6.45) is 9.59. The van der Waals surface area contributed by atoms with Gasteiger partial charge < -0.3 is 4.74 Å². The molecule has 0 radical (unpaired) electrons. The number of hydrogen-bond acceptors (Lipinski definition) is 1. The summed E-state index contributed by atoms with van der Waals surface area (Å²) in [6.45, 7) is 6.42. The molecule has 180 valence electrons. The van der Waals surface area contributed by atoms with Gasteiger partial charge in [0, 0.05) is 17.7 Å². The molecule has 4 heteroatoms. The van der Waals surface area contributed by atoms with Crippen LogP contribution in [-0.4, -0.2) is 12.7 Å². The Morgan fingerprint density at radius 1 is 0.941 bits per heavy atom. The number of allylic oxidation sites excluding steroid dienone is 1. The van der Waals surface area contributed by atoms with Gasteiger partial charge in [-0.2, -0.15) is 0 Å². The first-order valence-electron chi connectivity index (χ1n) is 12.5. The van der Waals surface area contributed by atoms with Crippen LogP contribution in [0.4, 0.5) is 13.2 Å². The quantitative estimate of drug-likeness (QED) is 0.313. The Labute approximate surface area is 201 Å². The predicted molar refractivity (Wildman–Crippen MR) is 130 cm³/mol. The summed E-state index contributed by atoms with van der Waals surface area (Å²) in [6, 6.07) is 7.67. The highest BCUT2D eigenvalue weighted by molar-refractivity contribution is 5.46. The standard InChI is InChI=1S/C30H33F3O/c1-3-5-6-27-29(32)15-20(16-30(27)33)7-8-21-9-10-25(19-28(21)31)22-11-12-24-18-26(34-4-2)14-13-23(24)17-22/h3,9-10,15-16,19,22-24,26H,1,4-6,11-14,17-18H2,2H3. The van der Waals surface area contributed by atoms with E-state index in [4.69, 9.17) is 4.74 Å². The van der Waals surface area contributed by atoms with Gasteiger partial charge in [0.1, 0.15) is 17.5 Å². The van der Waals surface area contributed by atoms with Crippen LogP contribution < -0.4 is 0 Å². The third-order valence-electron chi connectivity index (χ3n) is 7.51. The average molecular weight is 467 g/mol. The minimum Gasteiger partial charge on any atom is -0.378 e. The zero-order chi connectivity index (χ0) is 24.1. The van der Waals surface area contributed by atoms with E-state index in [0.717, 1.165) is 43.8 Å². The molecule has 2 aromatic carbocycles. The van der Waals surface area contributed by atoms with Crippen molar-refractivity contribution in [3.05, 3.63) is 82.7 Å². The molecule has 0 bridgehead atoms. The van der Waals surface area contributed by atoms with Crippen LogP contribution in [0.1, 0.15) is 80.0 Å². The number of rotatable bonds is 6. The van der Waals surface area contributed by atoms with Gasteiger partial charge >= 0.3 is 0 Å². The Hall–Kier alpha value is -2.51. The zero-order valence-electron chi connectivity index (χ0n) is 19.9. The molecule has 1 nitrogen and oxygen atoms in total. The second-order valence-electron chi connectivity index (χ2n) is 9.66. The smallest absolute Gasteiger partial charge is 0.139 e. The van der Waals surface area contributed by atoms with Crippen molar-refractivity contribution >= 4 is 0 Å². The van der Waals surface area contributed by atoms with Crippen LogP contribution in [0.3, 0.4) is 0 Å². The first kappa shape index (κ1) is 24.6. The monoisotopic (exact) mass is 466 g/mol. The SMILES string of the molecule is C=CCCc1c(F)cc(C#Cc2ccc(C3CCC4CC(OCC)CCC4C3)cc2F)cc1F. The Kier molecular flexibility index (Phi) is 8.16. The van der Waals surface area contributed by atoms with E-state index in [2.05, 4.69) is 25.3 Å². The lowest BCUT2D eigenvalue weighted by Crippen LogP contribution is -2.33. The molecule has 0 saturated heterocycles. The van der Waals surface area contributed by atoms with Crippen molar-refractivity contribution in [1.82, 2.24) is 0 Å². The molecule has 4 unspecified atom stereocenters. The molecule has 2 aliphatic carbocycles. The summed E-state index contributed by atoms with van der Waals surface area (Å²) in [5, 5.41) is 0. The summed E-state index contributed by atoms with van der Waals surface area (Å²) in [4.78, 5) is 0. The van der Waals surface area contributed by atoms with Crippen molar-refractivity contribution in [2.75, 3.05) is 6.61 Å². The van der Waals surface area contributed by atoms with Gasteiger partial charge in [0.2, 0.25) is 0 Å². The van der Waals surface area contributed by atoms with Crippen LogP contribution in [0.5, 0.6) is 0 Å². The first-order chi connectivity index (χ1) is 16.5. The minimum atomic E-state index is -0.632. The van der Waals surface area contributed by atoms with Crippen molar-refractivity contribution in [2.45, 2.75) is 70.3 Å². The fourth-order valence-corrected chi connectivity index (χ4v) is 5.72. The van der Waals surface area contributed by atoms with Crippen LogP contribution in [0.2, 0.25) is 0 Å². The van der Waals surface area contributed by atoms with Gasteiger partial charge in [-0.3, -0.25) is 0 Å². The fourth-order valence-electron chi connectivity index (χ4n) is 5.72. The third kappa shape index (κ3) is 5.76. The Morgan fingerprint density at radius 2 is 1.68 bits per heavy atom. The van der Waals surface area contributed by atoms with E-state index in [1.165, 1.54) is 25.0 Å². The molecule has 0 heterocycles. The molecule has 2 aromatic rings. The lowest BCUT2D eigenvalue weighted by atomic mass is 9.65. The summed E-state index contributed by atoms with van der Waals surface area (Å²) in [5.74, 6) is 5.61. The first-order valence-corrected chi connectivity index (χ1v) is 12.5. The normalized spacial score (nSPS) is 24.1. The number of halogens is 3. The van der Waals surface area contributed by atoms with E-state index >= 15 is 0 Å². The highest BCUT2D eigenvalue weighted by Gasteiger charge is 2.36. The van der Waals surface area contributed by atoms with Gasteiger partial charge in [-0.25, -0.2) is 13.2 Å². The second kappa shape index (κ2) is 11.3. The maximum absolute atomic E-state index is 14.9. The van der Waals surface area contributed by atoms with E-state index in [9.17, 15) is 13.2 Å². The van der Waals surface area contributed by atoms with E-state index < -0.39 is 11.6 Å². The molecule has 4 rings (SSSR count). The van der Waals surface area contributed by atoms with E-state index in [-0.39, 0.29) is 28.9 Å². The molecule has 0 N–H and O–H groups in total. The van der Waals surface area contributed by atoms with E-state index in [1.807, 2.05) is 6.07 Å². The van der Waals surface area contributed by atoms with Crippen LogP contribution in [0.25, 0.3) is 0 Å². The van der Waals surface area contributed by atoms with Gasteiger partial charge in [0.25, 0.3) is 0 Å². The number of benzene rings is 2. The molecule has 0 aromatic heterocycles. The Bertz CT molecular complexity index is 1060. The van der Waals surface area contributed by atoms with E-state index in [1.54, 1.807) is 18.2 Å². The Balaban J connectivity index is 1.43. The predicted octanol–water partition coefficient (Wildman–Crippen LogP) is 7.71. The topological polar surface area (TPSA) is 9.23 Å². The van der Waals surface area contributed by atoms with Gasteiger partial charge in [0.05, 0.1) is 11.7 Å². The molecule has 0 amide bonds. The lowest BCUT2D eigenvalue weighted by Gasteiger charge is -2.42. The number of fused-ring (bicyclic) bond motifs is 1. The van der Waals surface area contributed by atoms with Crippen molar-refractivity contribution in [1.29, 1.82) is 0 Å². The van der Waals surface area contributed by atoms with Crippen LogP contribution >= 0.6 is 0 Å². The second-order valence-corrected chi connectivity index (χ2v) is 9.66. The zero-order valence-corrected chi connectivity index (χ0v) is 19.9. The summed E-state index contributed by atoms with van der Waals surface area (Å²) >= 11 is 0. The average Bonchev–Trinajstić information content (AvgIpc) is 2.82. The van der Waals surface area contributed by atoms with Crippen LogP contribution in [0, 0.1) is 41.1 Å². The van der Waals surface area contributed by atoms with Gasteiger partial charge in [0.15, 0.2) is 0 Å². The highest BCUT2D eigenvalue weighted by Crippen LogP contribution is 2.46. The minimum absolute atomic E-state index is 0.0297. The largest absolute Gasteiger partial charge is 0.378 e. The van der Waals surface area contributed by atoms with E-state index in [0.29, 0.717) is 24.4 Å². The van der Waals surface area contributed by atoms with Crippen LogP contribution in [0.15, 0.2) is 43.0 Å². The maximum atomic E-state index is 14.9. The molecule has 2 fully saturated rings. The molecule has 2 saturated carbocycles. The molecular formula is C30H33F3O. The third-order valence-corrected chi connectivity index (χ3v) is 7.51. The molecule has 0 spiro atoms. The molecule has 34 heavy (non-hydrogen) atoms. The molecule has 2 aliphatic rings. The lowest BCUT2D eigenvalue weighted by molar-refractivity contribution is -0.00956.